The number of nitrogens with zero attached hydrogens (tertiary/aromatic N) is 2. The van der Waals surface area contributed by atoms with Crippen molar-refractivity contribution in [2.75, 3.05) is 18.1 Å². The van der Waals surface area contributed by atoms with Gasteiger partial charge in [0, 0.05) is 36.3 Å². The minimum atomic E-state index is -0.480. The molecule has 130 valence electrons. The Kier molecular flexibility index (Phi) is 4.20. The minimum Gasteiger partial charge on any atom is -0.396 e. The highest BCUT2D eigenvalue weighted by molar-refractivity contribution is 5.86. The van der Waals surface area contributed by atoms with Crippen LogP contribution in [0.4, 0.5) is 15.9 Å². The number of rotatable bonds is 3. The number of anilines is 2. The van der Waals surface area contributed by atoms with Gasteiger partial charge in [0.25, 0.3) is 5.56 Å². The van der Waals surface area contributed by atoms with E-state index in [0.29, 0.717) is 22.5 Å². The summed E-state index contributed by atoms with van der Waals surface area (Å²) in [7, 11) is 1.78. The molecule has 0 aliphatic rings. The highest BCUT2D eigenvalue weighted by atomic mass is 19.1. The third-order valence-electron chi connectivity index (χ3n) is 4.33. The molecule has 0 spiro atoms. The minimum absolute atomic E-state index is 0.0276. The van der Waals surface area contributed by atoms with Crippen LogP contribution in [0.25, 0.3) is 22.0 Å². The average Bonchev–Trinajstić information content (AvgIpc) is 2.57. The third-order valence-corrected chi connectivity index (χ3v) is 4.33. The second kappa shape index (κ2) is 6.20. The summed E-state index contributed by atoms with van der Waals surface area (Å²) in [4.78, 5) is 17.5. The number of halogens is 1. The van der Waals surface area contributed by atoms with Crippen LogP contribution in [0.1, 0.15) is 25.5 Å². The first-order valence-corrected chi connectivity index (χ1v) is 8.12. The number of aryl methyl sites for hydroxylation is 1. The van der Waals surface area contributed by atoms with Gasteiger partial charge in [-0.25, -0.2) is 9.37 Å². The Morgan fingerprint density at radius 1 is 1.20 bits per heavy atom. The van der Waals surface area contributed by atoms with E-state index in [1.807, 2.05) is 19.9 Å². The lowest BCUT2D eigenvalue weighted by Gasteiger charge is -2.18. The van der Waals surface area contributed by atoms with Crippen molar-refractivity contribution in [3.8, 4) is 11.1 Å². The van der Waals surface area contributed by atoms with Crippen molar-refractivity contribution >= 4 is 22.4 Å². The summed E-state index contributed by atoms with van der Waals surface area (Å²) in [5.74, 6) is 0.211. The SMILES string of the molecule is CNc1cc2c(cn1)cc(-c1cc(N)c(F)cc1C)c(=O)n2C(C)C. The standard InChI is InChI=1S/C19H21FN4O/c1-10(2)24-17-8-18(22-4)23-9-12(17)6-14(19(24)25)13-7-16(21)15(20)5-11(13)3/h5-10H,21H2,1-4H3,(H,22,23). The van der Waals surface area contributed by atoms with Crippen LogP contribution < -0.4 is 16.6 Å². The molecular weight excluding hydrogens is 319 g/mol. The maximum Gasteiger partial charge on any atom is 0.259 e. The van der Waals surface area contributed by atoms with E-state index in [-0.39, 0.29) is 17.3 Å². The Balaban J connectivity index is 2.40. The fourth-order valence-corrected chi connectivity index (χ4v) is 3.05. The van der Waals surface area contributed by atoms with Crippen molar-refractivity contribution in [1.82, 2.24) is 9.55 Å². The predicted molar refractivity (Wildman–Crippen MR) is 100 cm³/mol. The second-order valence-corrected chi connectivity index (χ2v) is 6.39. The first-order chi connectivity index (χ1) is 11.8. The van der Waals surface area contributed by atoms with Gasteiger partial charge >= 0.3 is 0 Å². The Bertz CT molecular complexity index is 1020. The van der Waals surface area contributed by atoms with Crippen LogP contribution in [0.15, 0.2) is 35.3 Å². The van der Waals surface area contributed by atoms with E-state index in [4.69, 9.17) is 5.73 Å². The summed E-state index contributed by atoms with van der Waals surface area (Å²) >= 11 is 0. The Hall–Kier alpha value is -2.89. The fraction of sp³-hybridized carbons (Fsp3) is 0.263. The van der Waals surface area contributed by atoms with Crippen molar-refractivity contribution in [3.05, 3.63) is 52.2 Å². The lowest BCUT2D eigenvalue weighted by molar-refractivity contribution is 0.601. The van der Waals surface area contributed by atoms with Gasteiger partial charge in [0.1, 0.15) is 11.6 Å². The Morgan fingerprint density at radius 2 is 1.92 bits per heavy atom. The number of hydrogen-bond donors (Lipinski definition) is 2. The summed E-state index contributed by atoms with van der Waals surface area (Å²) < 4.78 is 15.4. The molecule has 3 aromatic rings. The molecule has 0 radical (unpaired) electrons. The van der Waals surface area contributed by atoms with Gasteiger partial charge in [-0.1, -0.05) is 0 Å². The van der Waals surface area contributed by atoms with Crippen LogP contribution in [-0.4, -0.2) is 16.6 Å². The molecule has 6 heteroatoms. The largest absolute Gasteiger partial charge is 0.396 e. The lowest BCUT2D eigenvalue weighted by atomic mass is 9.99. The smallest absolute Gasteiger partial charge is 0.259 e. The normalized spacial score (nSPS) is 11.3. The Labute approximate surface area is 145 Å². The fourth-order valence-electron chi connectivity index (χ4n) is 3.05. The van der Waals surface area contributed by atoms with Gasteiger partial charge in [-0.3, -0.25) is 4.79 Å². The monoisotopic (exact) mass is 340 g/mol. The molecule has 0 aliphatic carbocycles. The van der Waals surface area contributed by atoms with Crippen molar-refractivity contribution in [3.63, 3.8) is 0 Å². The van der Waals surface area contributed by atoms with E-state index in [9.17, 15) is 9.18 Å². The zero-order chi connectivity index (χ0) is 18.3. The maximum absolute atomic E-state index is 13.7. The number of benzene rings is 1. The average molecular weight is 340 g/mol. The first-order valence-electron chi connectivity index (χ1n) is 8.12. The van der Waals surface area contributed by atoms with Crippen molar-refractivity contribution in [2.45, 2.75) is 26.8 Å². The van der Waals surface area contributed by atoms with E-state index in [0.717, 1.165) is 10.9 Å². The Morgan fingerprint density at radius 3 is 2.56 bits per heavy atom. The zero-order valence-corrected chi connectivity index (χ0v) is 14.7. The van der Waals surface area contributed by atoms with Gasteiger partial charge in [0.2, 0.25) is 0 Å². The topological polar surface area (TPSA) is 72.9 Å². The number of nitrogens with one attached hydrogen (secondary N) is 1. The summed E-state index contributed by atoms with van der Waals surface area (Å²) in [5, 5.41) is 3.83. The molecule has 1 aromatic carbocycles. The molecule has 0 atom stereocenters. The summed E-state index contributed by atoms with van der Waals surface area (Å²) in [6.07, 6.45) is 1.73. The van der Waals surface area contributed by atoms with Crippen molar-refractivity contribution in [1.29, 1.82) is 0 Å². The van der Waals surface area contributed by atoms with Crippen LogP contribution in [0.3, 0.4) is 0 Å². The second-order valence-electron chi connectivity index (χ2n) is 6.39. The van der Waals surface area contributed by atoms with Gasteiger partial charge in [0.15, 0.2) is 0 Å². The molecule has 3 rings (SSSR count). The van der Waals surface area contributed by atoms with Crippen molar-refractivity contribution < 1.29 is 4.39 Å². The van der Waals surface area contributed by atoms with Crippen LogP contribution in [0, 0.1) is 12.7 Å². The zero-order valence-electron chi connectivity index (χ0n) is 14.7. The van der Waals surface area contributed by atoms with Gasteiger partial charge < -0.3 is 15.6 Å². The third kappa shape index (κ3) is 2.84. The molecule has 0 fully saturated rings. The molecule has 5 nitrogen and oxygen atoms in total. The molecule has 0 aliphatic heterocycles. The molecule has 2 heterocycles. The molecule has 0 amide bonds. The maximum atomic E-state index is 13.7. The molecule has 0 saturated carbocycles. The highest BCUT2D eigenvalue weighted by Gasteiger charge is 2.16. The quantitative estimate of drug-likeness (QED) is 0.713. The molecule has 2 aromatic heterocycles. The van der Waals surface area contributed by atoms with E-state index in [1.54, 1.807) is 30.8 Å². The highest BCUT2D eigenvalue weighted by Crippen LogP contribution is 2.29. The molecule has 3 N–H and O–H groups in total. The van der Waals surface area contributed by atoms with Crippen LogP contribution in [0.5, 0.6) is 0 Å². The van der Waals surface area contributed by atoms with Crippen LogP contribution in [0.2, 0.25) is 0 Å². The van der Waals surface area contributed by atoms with Crippen LogP contribution in [-0.2, 0) is 0 Å². The van der Waals surface area contributed by atoms with Crippen LogP contribution >= 0.6 is 0 Å². The number of pyridine rings is 2. The van der Waals surface area contributed by atoms with Gasteiger partial charge in [-0.2, -0.15) is 0 Å². The summed E-state index contributed by atoms with van der Waals surface area (Å²) in [6, 6.07) is 6.48. The van der Waals surface area contributed by atoms with Gasteiger partial charge in [-0.15, -0.1) is 0 Å². The van der Waals surface area contributed by atoms with E-state index in [2.05, 4.69) is 10.3 Å². The molecule has 25 heavy (non-hydrogen) atoms. The number of aromatic nitrogens is 2. The number of nitrogens with two attached hydrogens (primary N) is 1. The number of nitrogen functional groups attached to an aromatic ring is 1. The first kappa shape index (κ1) is 17.0. The van der Waals surface area contributed by atoms with E-state index in [1.165, 1.54) is 12.1 Å². The lowest BCUT2D eigenvalue weighted by Crippen LogP contribution is -2.24. The van der Waals surface area contributed by atoms with Crippen molar-refractivity contribution in [2.24, 2.45) is 0 Å². The van der Waals surface area contributed by atoms with Gasteiger partial charge in [0.05, 0.1) is 11.2 Å². The van der Waals surface area contributed by atoms with E-state index >= 15 is 0 Å². The molecular formula is C19H21FN4O. The molecule has 0 bridgehead atoms. The van der Waals surface area contributed by atoms with Gasteiger partial charge in [-0.05, 0) is 50.1 Å². The summed E-state index contributed by atoms with van der Waals surface area (Å²) in [6.45, 7) is 5.68. The predicted octanol–water partition coefficient (Wildman–Crippen LogP) is 3.72. The molecule has 0 unspecified atom stereocenters. The number of hydrogen-bond acceptors (Lipinski definition) is 4. The number of fused-ring (bicyclic) bond motifs is 1. The van der Waals surface area contributed by atoms with E-state index < -0.39 is 5.82 Å². The summed E-state index contributed by atoms with van der Waals surface area (Å²) in [5.41, 5.74) is 8.21. The molecule has 0 saturated heterocycles.